The van der Waals surface area contributed by atoms with Crippen LogP contribution in [0.4, 0.5) is 0 Å². The Hall–Kier alpha value is -1.02. The molecule has 1 aliphatic heterocycles. The van der Waals surface area contributed by atoms with Gasteiger partial charge in [-0.25, -0.2) is 0 Å². The van der Waals surface area contributed by atoms with E-state index in [1.54, 1.807) is 0 Å². The highest BCUT2D eigenvalue weighted by Crippen LogP contribution is 2.42. The first-order valence-electron chi connectivity index (χ1n) is 8.72. The average molecular weight is 288 g/mol. The number of aliphatic hydroxyl groups is 1. The van der Waals surface area contributed by atoms with Gasteiger partial charge in [0.25, 0.3) is 0 Å². The zero-order valence-electron chi connectivity index (χ0n) is 13.2. The monoisotopic (exact) mass is 288 g/mol. The predicted molar refractivity (Wildman–Crippen MR) is 85.6 cm³/mol. The molecule has 3 rings (SSSR count). The first-order valence-corrected chi connectivity index (χ1v) is 8.72. The molecule has 0 spiro atoms. The minimum Gasteiger partial charge on any atom is -0.493 e. The summed E-state index contributed by atoms with van der Waals surface area (Å²) in [6, 6.07) is 6.25. The number of benzene rings is 1. The van der Waals surface area contributed by atoms with E-state index in [2.05, 4.69) is 25.1 Å². The molecule has 1 fully saturated rings. The van der Waals surface area contributed by atoms with Crippen molar-refractivity contribution < 1.29 is 9.84 Å². The fraction of sp³-hybridized carbons (Fsp3) is 0.684. The second-order valence-corrected chi connectivity index (χ2v) is 6.80. The Morgan fingerprint density at radius 2 is 2.05 bits per heavy atom. The van der Waals surface area contributed by atoms with Crippen molar-refractivity contribution in [2.75, 3.05) is 6.61 Å². The van der Waals surface area contributed by atoms with Crippen LogP contribution in [0.2, 0.25) is 0 Å². The fourth-order valence-electron chi connectivity index (χ4n) is 4.01. The van der Waals surface area contributed by atoms with Crippen molar-refractivity contribution in [1.82, 2.24) is 0 Å². The van der Waals surface area contributed by atoms with E-state index >= 15 is 0 Å². The minimum atomic E-state index is -0.342. The van der Waals surface area contributed by atoms with Crippen molar-refractivity contribution in [3.05, 3.63) is 29.3 Å². The van der Waals surface area contributed by atoms with Crippen LogP contribution in [0.5, 0.6) is 5.75 Å². The van der Waals surface area contributed by atoms with Gasteiger partial charge in [0.1, 0.15) is 5.75 Å². The Morgan fingerprint density at radius 1 is 1.24 bits per heavy atom. The fourth-order valence-corrected chi connectivity index (χ4v) is 4.01. The van der Waals surface area contributed by atoms with Gasteiger partial charge in [-0.1, -0.05) is 57.2 Å². The largest absolute Gasteiger partial charge is 0.493 e. The van der Waals surface area contributed by atoms with Gasteiger partial charge in [-0.2, -0.15) is 0 Å². The highest BCUT2D eigenvalue weighted by molar-refractivity contribution is 5.45. The lowest BCUT2D eigenvalue weighted by atomic mass is 9.76. The molecule has 1 heterocycles. The maximum absolute atomic E-state index is 10.8. The van der Waals surface area contributed by atoms with Gasteiger partial charge in [-0.05, 0) is 30.2 Å². The third kappa shape index (κ3) is 3.26. The summed E-state index contributed by atoms with van der Waals surface area (Å²) in [5.74, 6) is 2.28. The topological polar surface area (TPSA) is 29.5 Å². The molecule has 2 heteroatoms. The van der Waals surface area contributed by atoms with E-state index < -0.39 is 0 Å². The van der Waals surface area contributed by atoms with E-state index in [-0.39, 0.29) is 6.10 Å². The first-order chi connectivity index (χ1) is 10.3. The summed E-state index contributed by atoms with van der Waals surface area (Å²) in [6.45, 7) is 3.04. The molecule has 0 aromatic heterocycles. The summed E-state index contributed by atoms with van der Waals surface area (Å²) < 4.78 is 5.76. The maximum atomic E-state index is 10.8. The zero-order valence-corrected chi connectivity index (χ0v) is 13.2. The molecule has 1 aromatic rings. The Bertz CT molecular complexity index is 461. The summed E-state index contributed by atoms with van der Waals surface area (Å²) in [5.41, 5.74) is 2.30. The lowest BCUT2D eigenvalue weighted by Crippen LogP contribution is -2.21. The number of aliphatic hydroxyl groups excluding tert-OH is 1. The van der Waals surface area contributed by atoms with Gasteiger partial charge in [0.05, 0.1) is 12.7 Å². The van der Waals surface area contributed by atoms with Crippen LogP contribution in [-0.4, -0.2) is 11.7 Å². The van der Waals surface area contributed by atoms with Crippen LogP contribution in [-0.2, 0) is 6.42 Å². The SMILES string of the molecule is CCCCC1CCC(C(O)c2cccc3c2OCC3)CC1. The molecule has 0 amide bonds. The molecule has 1 aliphatic carbocycles. The Kier molecular flexibility index (Phi) is 4.84. The van der Waals surface area contributed by atoms with E-state index in [1.165, 1.54) is 50.5 Å². The molecule has 21 heavy (non-hydrogen) atoms. The van der Waals surface area contributed by atoms with Gasteiger partial charge in [0.15, 0.2) is 0 Å². The molecular formula is C19H28O2. The maximum Gasteiger partial charge on any atom is 0.128 e. The lowest BCUT2D eigenvalue weighted by Gasteiger charge is -2.32. The molecule has 1 unspecified atom stereocenters. The molecule has 1 N–H and O–H groups in total. The average Bonchev–Trinajstić information content (AvgIpc) is 3.01. The molecule has 1 atom stereocenters. The second-order valence-electron chi connectivity index (χ2n) is 6.80. The first kappa shape index (κ1) is 14.9. The molecule has 0 radical (unpaired) electrons. The quantitative estimate of drug-likeness (QED) is 0.854. The Labute approximate surface area is 128 Å². The number of fused-ring (bicyclic) bond motifs is 1. The van der Waals surface area contributed by atoms with E-state index in [9.17, 15) is 5.11 Å². The van der Waals surface area contributed by atoms with Crippen LogP contribution in [0, 0.1) is 11.8 Å². The molecule has 2 nitrogen and oxygen atoms in total. The highest BCUT2D eigenvalue weighted by atomic mass is 16.5. The summed E-state index contributed by atoms with van der Waals surface area (Å²) in [4.78, 5) is 0. The number of hydrogen-bond donors (Lipinski definition) is 1. The normalized spacial score (nSPS) is 26.2. The van der Waals surface area contributed by atoms with Crippen LogP contribution < -0.4 is 4.74 Å². The van der Waals surface area contributed by atoms with E-state index in [0.29, 0.717) is 5.92 Å². The van der Waals surface area contributed by atoms with E-state index in [4.69, 9.17) is 4.74 Å². The molecule has 0 saturated heterocycles. The van der Waals surface area contributed by atoms with Gasteiger partial charge in [-0.15, -0.1) is 0 Å². The zero-order chi connectivity index (χ0) is 14.7. The van der Waals surface area contributed by atoms with Crippen molar-refractivity contribution in [2.24, 2.45) is 11.8 Å². The second kappa shape index (κ2) is 6.83. The van der Waals surface area contributed by atoms with E-state index in [0.717, 1.165) is 30.3 Å². The number of ether oxygens (including phenoxy) is 1. The summed E-state index contributed by atoms with van der Waals surface area (Å²) >= 11 is 0. The molecule has 0 bridgehead atoms. The standard InChI is InChI=1S/C19H28O2/c1-2-3-5-14-8-10-15(11-9-14)18(20)17-7-4-6-16-12-13-21-19(16)17/h4,6-7,14-15,18,20H,2-3,5,8-13H2,1H3. The van der Waals surface area contributed by atoms with Gasteiger partial charge < -0.3 is 9.84 Å². The molecule has 2 aliphatic rings. The summed E-state index contributed by atoms with van der Waals surface area (Å²) in [5, 5.41) is 10.8. The minimum absolute atomic E-state index is 0.342. The van der Waals surface area contributed by atoms with Crippen LogP contribution in [0.15, 0.2) is 18.2 Å². The summed E-state index contributed by atoms with van der Waals surface area (Å²) in [7, 11) is 0. The Balaban J connectivity index is 1.62. The van der Waals surface area contributed by atoms with Crippen molar-refractivity contribution in [3.63, 3.8) is 0 Å². The Morgan fingerprint density at radius 3 is 2.81 bits per heavy atom. The van der Waals surface area contributed by atoms with Crippen molar-refractivity contribution >= 4 is 0 Å². The van der Waals surface area contributed by atoms with Crippen LogP contribution in [0.25, 0.3) is 0 Å². The van der Waals surface area contributed by atoms with Gasteiger partial charge in [0.2, 0.25) is 0 Å². The van der Waals surface area contributed by atoms with Gasteiger partial charge >= 0.3 is 0 Å². The van der Waals surface area contributed by atoms with Crippen LogP contribution >= 0.6 is 0 Å². The number of rotatable bonds is 5. The smallest absolute Gasteiger partial charge is 0.128 e. The summed E-state index contributed by atoms with van der Waals surface area (Å²) in [6.07, 6.45) is 9.59. The van der Waals surface area contributed by atoms with Crippen molar-refractivity contribution in [3.8, 4) is 5.75 Å². The number of para-hydroxylation sites is 1. The van der Waals surface area contributed by atoms with Crippen molar-refractivity contribution in [1.29, 1.82) is 0 Å². The highest BCUT2D eigenvalue weighted by Gasteiger charge is 2.30. The van der Waals surface area contributed by atoms with E-state index in [1.807, 2.05) is 0 Å². The lowest BCUT2D eigenvalue weighted by molar-refractivity contribution is 0.0699. The predicted octanol–water partition coefficient (Wildman–Crippen LogP) is 4.65. The van der Waals surface area contributed by atoms with Crippen LogP contribution in [0.3, 0.4) is 0 Å². The molecule has 116 valence electrons. The molecule has 1 aromatic carbocycles. The number of hydrogen-bond acceptors (Lipinski definition) is 2. The van der Waals surface area contributed by atoms with Crippen molar-refractivity contribution in [2.45, 2.75) is 64.4 Å². The van der Waals surface area contributed by atoms with Crippen LogP contribution in [0.1, 0.15) is 69.1 Å². The number of unbranched alkanes of at least 4 members (excludes halogenated alkanes) is 1. The molecule has 1 saturated carbocycles. The molecular weight excluding hydrogens is 260 g/mol. The van der Waals surface area contributed by atoms with Gasteiger partial charge in [-0.3, -0.25) is 0 Å². The van der Waals surface area contributed by atoms with Gasteiger partial charge in [0, 0.05) is 12.0 Å². The third-order valence-corrected chi connectivity index (χ3v) is 5.37. The third-order valence-electron chi connectivity index (χ3n) is 5.37.